The molecule has 0 spiro atoms. The summed E-state index contributed by atoms with van der Waals surface area (Å²) >= 11 is 1.31. The van der Waals surface area contributed by atoms with Crippen molar-refractivity contribution in [3.8, 4) is 6.07 Å². The van der Waals surface area contributed by atoms with Gasteiger partial charge in [0, 0.05) is 6.04 Å². The minimum atomic E-state index is -2.90. The molecule has 0 aromatic carbocycles. The zero-order valence-electron chi connectivity index (χ0n) is 8.73. The highest BCUT2D eigenvalue weighted by molar-refractivity contribution is 7.91. The van der Waals surface area contributed by atoms with Gasteiger partial charge >= 0.3 is 0 Å². The lowest BCUT2D eigenvalue weighted by Crippen LogP contribution is -2.21. The van der Waals surface area contributed by atoms with Gasteiger partial charge in [0.15, 0.2) is 15.7 Å². The van der Waals surface area contributed by atoms with Crippen molar-refractivity contribution in [2.75, 3.05) is 16.8 Å². The van der Waals surface area contributed by atoms with E-state index in [-0.39, 0.29) is 17.5 Å². The van der Waals surface area contributed by atoms with E-state index >= 15 is 0 Å². The Labute approximate surface area is 98.0 Å². The van der Waals surface area contributed by atoms with Crippen LogP contribution in [-0.4, -0.2) is 30.9 Å². The van der Waals surface area contributed by atoms with Crippen LogP contribution >= 0.6 is 11.3 Å². The summed E-state index contributed by atoms with van der Waals surface area (Å²) in [5.74, 6) is 0.872. The second kappa shape index (κ2) is 4.03. The lowest BCUT2D eigenvalue weighted by Gasteiger charge is -2.09. The Balaban J connectivity index is 2.14. The first-order valence-corrected chi connectivity index (χ1v) is 7.48. The first-order valence-electron chi connectivity index (χ1n) is 4.84. The van der Waals surface area contributed by atoms with Crippen molar-refractivity contribution in [1.82, 2.24) is 4.98 Å². The van der Waals surface area contributed by atoms with Crippen molar-refractivity contribution in [2.24, 2.45) is 0 Å². The number of rotatable bonds is 2. The van der Waals surface area contributed by atoms with Crippen LogP contribution in [0.15, 0.2) is 0 Å². The van der Waals surface area contributed by atoms with Gasteiger partial charge in [-0.3, -0.25) is 0 Å². The third-order valence-corrected chi connectivity index (χ3v) is 5.05. The number of anilines is 1. The Morgan fingerprint density at radius 2 is 2.38 bits per heavy atom. The molecule has 1 aliphatic heterocycles. The van der Waals surface area contributed by atoms with Crippen LogP contribution in [0.5, 0.6) is 0 Å². The van der Waals surface area contributed by atoms with Crippen molar-refractivity contribution in [3.05, 3.63) is 9.88 Å². The van der Waals surface area contributed by atoms with Crippen molar-refractivity contribution in [3.63, 3.8) is 0 Å². The molecule has 1 N–H and O–H groups in total. The fraction of sp³-hybridized carbons (Fsp3) is 0.556. The molecular formula is C9H11N3O2S2. The van der Waals surface area contributed by atoms with Gasteiger partial charge in [-0.05, 0) is 13.3 Å². The quantitative estimate of drug-likeness (QED) is 0.852. The highest BCUT2D eigenvalue weighted by atomic mass is 32.2. The molecule has 1 aliphatic rings. The van der Waals surface area contributed by atoms with E-state index in [1.54, 1.807) is 0 Å². The number of nitrogens with zero attached hydrogens (tertiary/aromatic N) is 2. The minimum Gasteiger partial charge on any atom is -0.364 e. The molecule has 1 aromatic heterocycles. The van der Waals surface area contributed by atoms with E-state index in [1.807, 2.05) is 6.92 Å². The second-order valence-electron chi connectivity index (χ2n) is 3.77. The molecule has 16 heavy (non-hydrogen) atoms. The first kappa shape index (κ1) is 11.4. The van der Waals surface area contributed by atoms with Gasteiger partial charge < -0.3 is 5.32 Å². The summed E-state index contributed by atoms with van der Waals surface area (Å²) in [5.41, 5.74) is 0. The average Bonchev–Trinajstić information content (AvgIpc) is 2.70. The predicted octanol–water partition coefficient (Wildman–Crippen LogP) is 0.922. The van der Waals surface area contributed by atoms with Gasteiger partial charge in [0.1, 0.15) is 10.9 Å². The maximum Gasteiger partial charge on any atom is 0.155 e. The molecule has 0 bridgehead atoms. The maximum absolute atomic E-state index is 11.3. The molecule has 0 amide bonds. The lowest BCUT2D eigenvalue weighted by atomic mass is 10.2. The van der Waals surface area contributed by atoms with Crippen LogP contribution in [0, 0.1) is 18.3 Å². The molecule has 0 saturated carbocycles. The fourth-order valence-electron chi connectivity index (χ4n) is 1.70. The van der Waals surface area contributed by atoms with Crippen molar-refractivity contribution >= 4 is 27.0 Å². The van der Waals surface area contributed by atoms with Crippen LogP contribution in [0.25, 0.3) is 0 Å². The van der Waals surface area contributed by atoms with Crippen LogP contribution in [0.3, 0.4) is 0 Å². The maximum atomic E-state index is 11.3. The number of nitriles is 1. The molecule has 1 fully saturated rings. The molecule has 2 heterocycles. The summed E-state index contributed by atoms with van der Waals surface area (Å²) in [4.78, 5) is 4.70. The summed E-state index contributed by atoms with van der Waals surface area (Å²) in [7, 11) is -2.90. The Bertz CT molecular complexity index is 542. The number of nitrogens with one attached hydrogen (secondary N) is 1. The van der Waals surface area contributed by atoms with Crippen LogP contribution < -0.4 is 5.32 Å². The average molecular weight is 257 g/mol. The van der Waals surface area contributed by atoms with Gasteiger partial charge in [-0.1, -0.05) is 0 Å². The van der Waals surface area contributed by atoms with E-state index in [2.05, 4.69) is 16.4 Å². The Morgan fingerprint density at radius 3 is 2.94 bits per heavy atom. The second-order valence-corrected chi connectivity index (χ2v) is 7.20. The fourth-order valence-corrected chi connectivity index (χ4v) is 4.06. The van der Waals surface area contributed by atoms with Crippen LogP contribution in [-0.2, 0) is 9.84 Å². The first-order chi connectivity index (χ1) is 7.50. The van der Waals surface area contributed by atoms with E-state index in [0.29, 0.717) is 17.1 Å². The molecule has 1 aromatic rings. The minimum absolute atomic E-state index is 0.112. The van der Waals surface area contributed by atoms with E-state index in [0.717, 1.165) is 5.01 Å². The van der Waals surface area contributed by atoms with Gasteiger partial charge in [0.25, 0.3) is 0 Å². The number of hydrogen-bond donors (Lipinski definition) is 1. The molecule has 5 nitrogen and oxygen atoms in total. The summed E-state index contributed by atoms with van der Waals surface area (Å²) in [6.07, 6.45) is 0.587. The zero-order chi connectivity index (χ0) is 11.8. The Morgan fingerprint density at radius 1 is 1.62 bits per heavy atom. The molecule has 2 rings (SSSR count). The number of aromatic nitrogens is 1. The topological polar surface area (TPSA) is 82.8 Å². The smallest absolute Gasteiger partial charge is 0.155 e. The standard InChI is InChI=1S/C9H11N3O2S2/c1-6-11-9(8(4-10)15-6)12-7-2-3-16(13,14)5-7/h7,12H,2-3,5H2,1H3. The number of thiazole rings is 1. The number of hydrogen-bond acceptors (Lipinski definition) is 6. The monoisotopic (exact) mass is 257 g/mol. The third kappa shape index (κ3) is 2.33. The zero-order valence-corrected chi connectivity index (χ0v) is 10.4. The SMILES string of the molecule is Cc1nc(NC2CCS(=O)(=O)C2)c(C#N)s1. The van der Waals surface area contributed by atoms with Crippen LogP contribution in [0.1, 0.15) is 16.3 Å². The highest BCUT2D eigenvalue weighted by Crippen LogP contribution is 2.24. The van der Waals surface area contributed by atoms with Gasteiger partial charge in [0.2, 0.25) is 0 Å². The largest absolute Gasteiger partial charge is 0.364 e. The molecule has 1 saturated heterocycles. The molecule has 0 radical (unpaired) electrons. The van der Waals surface area contributed by atoms with Gasteiger partial charge in [-0.2, -0.15) is 5.26 Å². The summed E-state index contributed by atoms with van der Waals surface area (Å²) in [6.45, 7) is 1.82. The summed E-state index contributed by atoms with van der Waals surface area (Å²) in [6, 6.07) is 1.94. The van der Waals surface area contributed by atoms with E-state index in [9.17, 15) is 8.42 Å². The molecule has 86 valence electrons. The van der Waals surface area contributed by atoms with Gasteiger partial charge in [0.05, 0.1) is 16.5 Å². The normalized spacial score (nSPS) is 22.9. The van der Waals surface area contributed by atoms with Crippen molar-refractivity contribution < 1.29 is 8.42 Å². The molecule has 0 aliphatic carbocycles. The summed E-state index contributed by atoms with van der Waals surface area (Å²) < 4.78 is 22.5. The van der Waals surface area contributed by atoms with Gasteiger partial charge in [-0.15, -0.1) is 11.3 Å². The molecule has 7 heteroatoms. The molecule has 1 atom stereocenters. The number of aryl methyl sites for hydroxylation is 1. The predicted molar refractivity (Wildman–Crippen MR) is 62.2 cm³/mol. The lowest BCUT2D eigenvalue weighted by molar-refractivity contribution is 0.602. The Hall–Kier alpha value is -1.13. The van der Waals surface area contributed by atoms with Crippen LogP contribution in [0.4, 0.5) is 5.82 Å². The van der Waals surface area contributed by atoms with Gasteiger partial charge in [-0.25, -0.2) is 13.4 Å². The van der Waals surface area contributed by atoms with E-state index in [4.69, 9.17) is 5.26 Å². The Kier molecular flexibility index (Phi) is 2.86. The molecule has 1 unspecified atom stereocenters. The number of sulfone groups is 1. The third-order valence-electron chi connectivity index (χ3n) is 2.41. The highest BCUT2D eigenvalue weighted by Gasteiger charge is 2.28. The van der Waals surface area contributed by atoms with Crippen molar-refractivity contribution in [1.29, 1.82) is 5.26 Å². The van der Waals surface area contributed by atoms with E-state index < -0.39 is 9.84 Å². The summed E-state index contributed by atoms with van der Waals surface area (Å²) in [5, 5.41) is 12.7. The molecular weight excluding hydrogens is 246 g/mol. The van der Waals surface area contributed by atoms with Crippen LogP contribution in [0.2, 0.25) is 0 Å². The van der Waals surface area contributed by atoms with Crippen molar-refractivity contribution in [2.45, 2.75) is 19.4 Å². The van der Waals surface area contributed by atoms with E-state index in [1.165, 1.54) is 11.3 Å².